The zero-order chi connectivity index (χ0) is 12.0. The lowest BCUT2D eigenvalue weighted by molar-refractivity contribution is 0.103. The maximum Gasteiger partial charge on any atom is 0.188 e. The van der Waals surface area contributed by atoms with E-state index in [9.17, 15) is 4.79 Å². The van der Waals surface area contributed by atoms with E-state index in [1.807, 2.05) is 25.2 Å². The molecule has 16 heavy (non-hydrogen) atoms. The third-order valence-electron chi connectivity index (χ3n) is 2.25. The highest BCUT2D eigenvalue weighted by atomic mass is 16.1. The van der Waals surface area contributed by atoms with Crippen LogP contribution in [0.5, 0.6) is 0 Å². The number of hydrogen-bond acceptors (Lipinski definition) is 2. The molecule has 0 radical (unpaired) electrons. The minimum Gasteiger partial charge on any atom is -0.399 e. The van der Waals surface area contributed by atoms with E-state index in [-0.39, 0.29) is 5.78 Å². The molecule has 0 saturated carbocycles. The Morgan fingerprint density at radius 3 is 2.50 bits per heavy atom. The molecule has 0 aliphatic heterocycles. The Balaban J connectivity index is 2.82. The molecule has 1 aromatic carbocycles. The van der Waals surface area contributed by atoms with Gasteiger partial charge in [-0.15, -0.1) is 0 Å². The third-order valence-corrected chi connectivity index (χ3v) is 2.25. The molecule has 0 bridgehead atoms. The second-order valence-electron chi connectivity index (χ2n) is 3.64. The lowest BCUT2D eigenvalue weighted by Gasteiger charge is -2.00. The molecule has 1 rings (SSSR count). The summed E-state index contributed by atoms with van der Waals surface area (Å²) >= 11 is 0. The van der Waals surface area contributed by atoms with E-state index in [0.29, 0.717) is 11.3 Å². The summed E-state index contributed by atoms with van der Waals surface area (Å²) in [7, 11) is 0. The van der Waals surface area contributed by atoms with E-state index in [1.54, 1.807) is 24.3 Å². The fourth-order valence-corrected chi connectivity index (χ4v) is 1.29. The van der Waals surface area contributed by atoms with Gasteiger partial charge in [0.2, 0.25) is 0 Å². The average molecular weight is 215 g/mol. The summed E-state index contributed by atoms with van der Waals surface area (Å²) in [6.45, 7) is 3.88. The first-order chi connectivity index (χ1) is 7.65. The van der Waals surface area contributed by atoms with Crippen LogP contribution in [0.25, 0.3) is 0 Å². The SMILES string of the molecule is CC/C=C\C=C(/C)C(=O)c1ccc(N)cc1. The third kappa shape index (κ3) is 3.39. The number of benzene rings is 1. The number of ketones is 1. The number of hydrogen-bond donors (Lipinski definition) is 1. The summed E-state index contributed by atoms with van der Waals surface area (Å²) in [6.07, 6.45) is 6.73. The molecular formula is C14H17NO. The van der Waals surface area contributed by atoms with Gasteiger partial charge in [0.1, 0.15) is 0 Å². The van der Waals surface area contributed by atoms with Gasteiger partial charge in [0.25, 0.3) is 0 Å². The Hall–Kier alpha value is -1.83. The van der Waals surface area contributed by atoms with Crippen molar-refractivity contribution in [3.05, 3.63) is 53.6 Å². The van der Waals surface area contributed by atoms with Crippen LogP contribution in [-0.4, -0.2) is 5.78 Å². The van der Waals surface area contributed by atoms with Crippen LogP contribution in [0.1, 0.15) is 30.6 Å². The number of Topliss-reactive ketones (excluding diaryl/α,β-unsaturated/α-hetero) is 1. The molecule has 0 fully saturated rings. The van der Waals surface area contributed by atoms with Crippen molar-refractivity contribution in [2.24, 2.45) is 0 Å². The van der Waals surface area contributed by atoms with Gasteiger partial charge in [-0.25, -0.2) is 0 Å². The zero-order valence-corrected chi connectivity index (χ0v) is 9.73. The van der Waals surface area contributed by atoms with Crippen LogP contribution in [0, 0.1) is 0 Å². The average Bonchev–Trinajstić information content (AvgIpc) is 2.29. The minimum absolute atomic E-state index is 0.0424. The smallest absolute Gasteiger partial charge is 0.188 e. The number of rotatable bonds is 4. The van der Waals surface area contributed by atoms with E-state index in [2.05, 4.69) is 6.92 Å². The maximum atomic E-state index is 11.9. The lowest BCUT2D eigenvalue weighted by atomic mass is 10.0. The molecule has 0 aliphatic rings. The number of carbonyl (C=O) groups is 1. The van der Waals surface area contributed by atoms with E-state index in [1.165, 1.54) is 0 Å². The summed E-state index contributed by atoms with van der Waals surface area (Å²) in [5.74, 6) is 0.0424. The summed E-state index contributed by atoms with van der Waals surface area (Å²) in [5, 5.41) is 0. The van der Waals surface area contributed by atoms with Crippen LogP contribution in [0.2, 0.25) is 0 Å². The van der Waals surface area contributed by atoms with Gasteiger partial charge in [-0.3, -0.25) is 4.79 Å². The largest absolute Gasteiger partial charge is 0.399 e. The number of nitrogens with two attached hydrogens (primary N) is 1. The van der Waals surface area contributed by atoms with Gasteiger partial charge in [0.05, 0.1) is 0 Å². The zero-order valence-electron chi connectivity index (χ0n) is 9.73. The second kappa shape index (κ2) is 5.91. The van der Waals surface area contributed by atoms with Gasteiger partial charge >= 0.3 is 0 Å². The minimum atomic E-state index is 0.0424. The molecule has 2 N–H and O–H groups in total. The summed E-state index contributed by atoms with van der Waals surface area (Å²) in [5.41, 5.74) is 7.64. The fraction of sp³-hybridized carbons (Fsp3) is 0.214. The molecule has 0 spiro atoms. The molecule has 0 aromatic heterocycles. The van der Waals surface area contributed by atoms with Crippen LogP contribution in [0.15, 0.2) is 48.1 Å². The van der Waals surface area contributed by atoms with Crippen LogP contribution in [0.3, 0.4) is 0 Å². The second-order valence-corrected chi connectivity index (χ2v) is 3.64. The van der Waals surface area contributed by atoms with E-state index >= 15 is 0 Å². The molecule has 0 aliphatic carbocycles. The molecule has 2 heteroatoms. The Kier molecular flexibility index (Phi) is 4.52. The first kappa shape index (κ1) is 12.2. The Morgan fingerprint density at radius 1 is 1.31 bits per heavy atom. The maximum absolute atomic E-state index is 11.9. The lowest BCUT2D eigenvalue weighted by Crippen LogP contribution is -2.00. The number of nitrogen functional groups attached to an aromatic ring is 1. The summed E-state index contributed by atoms with van der Waals surface area (Å²) in [4.78, 5) is 11.9. The predicted molar refractivity (Wildman–Crippen MR) is 68.4 cm³/mol. The van der Waals surface area contributed by atoms with Crippen LogP contribution in [-0.2, 0) is 0 Å². The Bertz CT molecular complexity index is 413. The highest BCUT2D eigenvalue weighted by Crippen LogP contribution is 2.10. The highest BCUT2D eigenvalue weighted by molar-refractivity contribution is 6.08. The van der Waals surface area contributed by atoms with Crippen molar-refractivity contribution in [1.29, 1.82) is 0 Å². The van der Waals surface area contributed by atoms with Crippen molar-refractivity contribution < 1.29 is 4.79 Å². The van der Waals surface area contributed by atoms with Gasteiger partial charge in [0, 0.05) is 11.3 Å². The molecule has 0 amide bonds. The first-order valence-corrected chi connectivity index (χ1v) is 5.38. The molecule has 2 nitrogen and oxygen atoms in total. The van der Waals surface area contributed by atoms with Crippen molar-refractivity contribution in [2.45, 2.75) is 20.3 Å². The van der Waals surface area contributed by atoms with Crippen molar-refractivity contribution in [1.82, 2.24) is 0 Å². The van der Waals surface area contributed by atoms with Crippen LogP contribution >= 0.6 is 0 Å². The Morgan fingerprint density at radius 2 is 1.94 bits per heavy atom. The monoisotopic (exact) mass is 215 g/mol. The molecule has 1 aromatic rings. The number of carbonyl (C=O) groups excluding carboxylic acids is 1. The van der Waals surface area contributed by atoms with Gasteiger partial charge in [-0.2, -0.15) is 0 Å². The van der Waals surface area contributed by atoms with Crippen LogP contribution < -0.4 is 5.73 Å². The molecule has 0 heterocycles. The standard InChI is InChI=1S/C14H17NO/c1-3-4-5-6-11(2)14(16)12-7-9-13(15)10-8-12/h4-10H,3,15H2,1-2H3/b5-4-,11-6+. The van der Waals surface area contributed by atoms with Crippen molar-refractivity contribution in [3.63, 3.8) is 0 Å². The van der Waals surface area contributed by atoms with Crippen molar-refractivity contribution in [2.75, 3.05) is 5.73 Å². The topological polar surface area (TPSA) is 43.1 Å². The van der Waals surface area contributed by atoms with Crippen LogP contribution in [0.4, 0.5) is 5.69 Å². The molecular weight excluding hydrogens is 198 g/mol. The quantitative estimate of drug-likeness (QED) is 0.362. The first-order valence-electron chi connectivity index (χ1n) is 5.38. The predicted octanol–water partition coefficient (Wildman–Crippen LogP) is 3.36. The normalized spacial score (nSPS) is 12.0. The summed E-state index contributed by atoms with van der Waals surface area (Å²) < 4.78 is 0. The van der Waals surface area contributed by atoms with Gasteiger partial charge in [-0.1, -0.05) is 25.2 Å². The number of anilines is 1. The van der Waals surface area contributed by atoms with E-state index < -0.39 is 0 Å². The van der Waals surface area contributed by atoms with Crippen molar-refractivity contribution in [3.8, 4) is 0 Å². The van der Waals surface area contributed by atoms with Gasteiger partial charge < -0.3 is 5.73 Å². The molecule has 0 saturated heterocycles. The van der Waals surface area contributed by atoms with Gasteiger partial charge in [0.15, 0.2) is 5.78 Å². The molecule has 0 atom stereocenters. The van der Waals surface area contributed by atoms with E-state index in [4.69, 9.17) is 5.73 Å². The molecule has 0 unspecified atom stereocenters. The molecule has 84 valence electrons. The van der Waals surface area contributed by atoms with E-state index in [0.717, 1.165) is 12.0 Å². The number of allylic oxidation sites excluding steroid dienone is 4. The summed E-state index contributed by atoms with van der Waals surface area (Å²) in [6, 6.07) is 6.97. The van der Waals surface area contributed by atoms with Crippen molar-refractivity contribution >= 4 is 11.5 Å². The highest BCUT2D eigenvalue weighted by Gasteiger charge is 2.06. The Labute approximate surface area is 96.5 Å². The fourth-order valence-electron chi connectivity index (χ4n) is 1.29. The van der Waals surface area contributed by atoms with Gasteiger partial charge in [-0.05, 0) is 43.2 Å².